The molecule has 0 fully saturated rings. The van der Waals surface area contributed by atoms with Crippen LogP contribution in [0.1, 0.15) is 44.7 Å². The van der Waals surface area contributed by atoms with Gasteiger partial charge in [0.15, 0.2) is 0 Å². The first kappa shape index (κ1) is 21.5. The number of fused-ring (bicyclic) bond motifs is 1. The van der Waals surface area contributed by atoms with Crippen LogP contribution in [0, 0.1) is 12.8 Å². The number of nitrogens with one attached hydrogen (secondary N) is 1. The molecule has 1 unspecified atom stereocenters. The van der Waals surface area contributed by atoms with Crippen molar-refractivity contribution in [3.8, 4) is 0 Å². The number of aryl methyl sites for hydroxylation is 1. The summed E-state index contributed by atoms with van der Waals surface area (Å²) < 4.78 is 10.5. The molecule has 30 heavy (non-hydrogen) atoms. The average Bonchev–Trinajstić information content (AvgIpc) is 2.67. The predicted molar refractivity (Wildman–Crippen MR) is 115 cm³/mol. The number of aromatic amines is 1. The van der Waals surface area contributed by atoms with E-state index in [2.05, 4.69) is 9.98 Å². The highest BCUT2D eigenvalue weighted by Gasteiger charge is 2.43. The minimum absolute atomic E-state index is 0.169. The van der Waals surface area contributed by atoms with Gasteiger partial charge in [0.05, 0.1) is 18.8 Å². The van der Waals surface area contributed by atoms with E-state index in [9.17, 15) is 14.4 Å². The van der Waals surface area contributed by atoms with Crippen molar-refractivity contribution in [1.82, 2.24) is 4.98 Å². The Morgan fingerprint density at radius 3 is 2.43 bits per heavy atom. The third-order valence-electron chi connectivity index (χ3n) is 5.23. The van der Waals surface area contributed by atoms with Crippen molar-refractivity contribution < 1.29 is 19.1 Å². The third-order valence-corrected chi connectivity index (χ3v) is 5.23. The van der Waals surface area contributed by atoms with E-state index in [0.717, 1.165) is 10.9 Å². The number of esters is 2. The van der Waals surface area contributed by atoms with E-state index in [-0.39, 0.29) is 24.3 Å². The van der Waals surface area contributed by atoms with E-state index < -0.39 is 23.8 Å². The van der Waals surface area contributed by atoms with Crippen molar-refractivity contribution in [1.29, 1.82) is 0 Å². The lowest BCUT2D eigenvalue weighted by Crippen LogP contribution is -2.38. The molecule has 0 spiro atoms. The molecule has 2 aromatic rings. The molecule has 1 aliphatic heterocycles. The monoisotopic (exact) mass is 410 g/mol. The normalized spacial score (nSPS) is 18.9. The lowest BCUT2D eigenvalue weighted by Gasteiger charge is -2.31. The van der Waals surface area contributed by atoms with Gasteiger partial charge in [-0.05, 0) is 57.7 Å². The molecule has 0 saturated carbocycles. The molecule has 1 aromatic carbocycles. The first-order valence-corrected chi connectivity index (χ1v) is 10.0. The minimum Gasteiger partial charge on any atom is -0.465 e. The van der Waals surface area contributed by atoms with Crippen molar-refractivity contribution in [2.24, 2.45) is 10.9 Å². The van der Waals surface area contributed by atoms with Gasteiger partial charge in [0.1, 0.15) is 5.92 Å². The maximum atomic E-state index is 13.1. The van der Waals surface area contributed by atoms with Gasteiger partial charge in [0.2, 0.25) is 0 Å². The molecule has 2 heterocycles. The van der Waals surface area contributed by atoms with Crippen LogP contribution in [-0.2, 0) is 19.1 Å². The lowest BCUT2D eigenvalue weighted by atomic mass is 9.75. The third kappa shape index (κ3) is 3.92. The van der Waals surface area contributed by atoms with Gasteiger partial charge in [-0.15, -0.1) is 0 Å². The highest BCUT2D eigenvalue weighted by molar-refractivity contribution is 6.07. The Labute approximate surface area is 174 Å². The first-order valence-electron chi connectivity index (χ1n) is 10.0. The topological polar surface area (TPSA) is 97.8 Å². The SMILES string of the molecule is CCOC(=O)C1=C(C)N=C(C)C(C(=O)OCC)[C@H]1c1cc2ccc(C)cc2[nH]c1=O. The van der Waals surface area contributed by atoms with E-state index in [1.54, 1.807) is 33.8 Å². The van der Waals surface area contributed by atoms with Gasteiger partial charge >= 0.3 is 11.9 Å². The fraction of sp³-hybridized carbons (Fsp3) is 0.391. The van der Waals surface area contributed by atoms with Crippen molar-refractivity contribution in [3.05, 3.63) is 57.0 Å². The molecule has 0 radical (unpaired) electrons. The molecule has 1 aromatic heterocycles. The van der Waals surface area contributed by atoms with Gasteiger partial charge in [-0.3, -0.25) is 14.6 Å². The number of carbonyl (C=O) groups excluding carboxylic acids is 2. The molecule has 7 nitrogen and oxygen atoms in total. The summed E-state index contributed by atoms with van der Waals surface area (Å²) in [5.74, 6) is -2.86. The summed E-state index contributed by atoms with van der Waals surface area (Å²) >= 11 is 0. The number of H-pyrrole nitrogens is 1. The van der Waals surface area contributed by atoms with E-state index in [0.29, 0.717) is 22.5 Å². The zero-order valence-electron chi connectivity index (χ0n) is 17.9. The summed E-state index contributed by atoms with van der Waals surface area (Å²) in [6.07, 6.45) is 0. The molecule has 3 rings (SSSR count). The lowest BCUT2D eigenvalue weighted by molar-refractivity contribution is -0.146. The van der Waals surface area contributed by atoms with Crippen LogP contribution < -0.4 is 5.56 Å². The quantitative estimate of drug-likeness (QED) is 0.762. The molecule has 1 aliphatic rings. The molecule has 0 bridgehead atoms. The maximum Gasteiger partial charge on any atom is 0.336 e. The summed E-state index contributed by atoms with van der Waals surface area (Å²) in [6.45, 7) is 9.09. The minimum atomic E-state index is -0.892. The van der Waals surface area contributed by atoms with Crippen molar-refractivity contribution in [2.45, 2.75) is 40.5 Å². The van der Waals surface area contributed by atoms with Crippen LogP contribution in [0.4, 0.5) is 0 Å². The van der Waals surface area contributed by atoms with Crippen molar-refractivity contribution >= 4 is 28.6 Å². The van der Waals surface area contributed by atoms with Crippen LogP contribution in [0.3, 0.4) is 0 Å². The van der Waals surface area contributed by atoms with Crippen LogP contribution in [0.5, 0.6) is 0 Å². The fourth-order valence-electron chi connectivity index (χ4n) is 3.95. The number of hydrogen-bond acceptors (Lipinski definition) is 6. The fourth-order valence-corrected chi connectivity index (χ4v) is 3.95. The van der Waals surface area contributed by atoms with Gasteiger partial charge in [-0.1, -0.05) is 12.1 Å². The number of rotatable bonds is 5. The number of allylic oxidation sites excluding steroid dienone is 1. The van der Waals surface area contributed by atoms with Gasteiger partial charge in [0, 0.05) is 28.4 Å². The standard InChI is InChI=1S/C23H26N2O5/c1-6-29-22(27)18-13(4)24-14(5)19(23(28)30-7-2)20(18)16-11-15-9-8-12(3)10-17(15)25-21(16)26/h8-11,18,20H,6-7H2,1-5H3,(H,25,26)/t18?,20-/m1/s1. The Hall–Kier alpha value is -3.22. The highest BCUT2D eigenvalue weighted by atomic mass is 16.5. The smallest absolute Gasteiger partial charge is 0.336 e. The number of carbonyl (C=O) groups is 2. The Morgan fingerprint density at radius 2 is 1.77 bits per heavy atom. The van der Waals surface area contributed by atoms with Crippen LogP contribution in [0.2, 0.25) is 0 Å². The molecule has 158 valence electrons. The number of aliphatic imine (C=N–C) groups is 1. The Morgan fingerprint density at radius 1 is 1.07 bits per heavy atom. The summed E-state index contributed by atoms with van der Waals surface area (Å²) in [7, 11) is 0. The van der Waals surface area contributed by atoms with Crippen LogP contribution in [0.15, 0.2) is 45.3 Å². The predicted octanol–water partition coefficient (Wildman–Crippen LogP) is 3.41. The zero-order valence-corrected chi connectivity index (χ0v) is 17.9. The number of aromatic nitrogens is 1. The van der Waals surface area contributed by atoms with Crippen LogP contribution in [-0.4, -0.2) is 35.8 Å². The van der Waals surface area contributed by atoms with E-state index in [4.69, 9.17) is 9.47 Å². The number of nitrogens with zero attached hydrogens (tertiary/aromatic N) is 1. The maximum absolute atomic E-state index is 13.1. The summed E-state index contributed by atoms with van der Waals surface area (Å²) in [5, 5.41) is 0.804. The number of ether oxygens (including phenoxy) is 2. The van der Waals surface area contributed by atoms with Gasteiger partial charge in [0.25, 0.3) is 5.56 Å². The molecular weight excluding hydrogens is 384 g/mol. The second-order valence-electron chi connectivity index (χ2n) is 7.32. The molecule has 2 atom stereocenters. The molecule has 0 aliphatic carbocycles. The Bertz CT molecular complexity index is 1130. The first-order chi connectivity index (χ1) is 14.3. The summed E-state index contributed by atoms with van der Waals surface area (Å²) in [4.78, 5) is 46.1. The number of hydrogen-bond donors (Lipinski definition) is 1. The molecule has 0 saturated heterocycles. The van der Waals surface area contributed by atoms with Gasteiger partial charge in [-0.25, -0.2) is 4.79 Å². The van der Waals surface area contributed by atoms with E-state index in [1.165, 1.54) is 0 Å². The highest BCUT2D eigenvalue weighted by Crippen LogP contribution is 2.39. The van der Waals surface area contributed by atoms with Crippen LogP contribution >= 0.6 is 0 Å². The summed E-state index contributed by atoms with van der Waals surface area (Å²) in [5.41, 5.74) is 2.78. The molecule has 0 amide bonds. The van der Waals surface area contributed by atoms with Crippen molar-refractivity contribution in [3.63, 3.8) is 0 Å². The largest absolute Gasteiger partial charge is 0.465 e. The number of benzene rings is 1. The molecule has 7 heteroatoms. The Balaban J connectivity index is 2.27. The van der Waals surface area contributed by atoms with E-state index >= 15 is 0 Å². The number of pyridine rings is 1. The van der Waals surface area contributed by atoms with Gasteiger partial charge < -0.3 is 14.5 Å². The molecular formula is C23H26N2O5. The van der Waals surface area contributed by atoms with Gasteiger partial charge in [-0.2, -0.15) is 0 Å². The van der Waals surface area contributed by atoms with Crippen molar-refractivity contribution in [2.75, 3.05) is 13.2 Å². The summed E-state index contributed by atoms with van der Waals surface area (Å²) in [6, 6.07) is 7.45. The average molecular weight is 410 g/mol. The van der Waals surface area contributed by atoms with E-state index in [1.807, 2.05) is 25.1 Å². The second kappa shape index (κ2) is 8.65. The molecule has 1 N–H and O–H groups in total. The Kier molecular flexibility index (Phi) is 6.20. The second-order valence-corrected chi connectivity index (χ2v) is 7.32. The zero-order chi connectivity index (χ0) is 22.0. The van der Waals surface area contributed by atoms with Crippen LogP contribution in [0.25, 0.3) is 10.9 Å².